The lowest BCUT2D eigenvalue weighted by molar-refractivity contribution is 0.306. The van der Waals surface area contributed by atoms with Crippen molar-refractivity contribution >= 4 is 28.3 Å². The summed E-state index contributed by atoms with van der Waals surface area (Å²) < 4.78 is 6.85. The third kappa shape index (κ3) is 3.13. The highest BCUT2D eigenvalue weighted by Gasteiger charge is 1.96. The van der Waals surface area contributed by atoms with Crippen LogP contribution in [0.2, 0.25) is 0 Å². The fourth-order valence-electron chi connectivity index (χ4n) is 1.38. The van der Waals surface area contributed by atoms with Crippen molar-refractivity contribution in [3.63, 3.8) is 0 Å². The first-order chi connectivity index (χ1) is 7.74. The maximum Gasteiger partial charge on any atom is 0.119 e. The zero-order valence-electron chi connectivity index (χ0n) is 8.69. The lowest BCUT2D eigenvalue weighted by Gasteiger charge is -2.06. The summed E-state index contributed by atoms with van der Waals surface area (Å²) in [4.78, 5) is 0. The summed E-state index contributed by atoms with van der Waals surface area (Å²) in [5.41, 5.74) is 7.54. The molecular formula is C13H12INO. The fourth-order valence-corrected chi connectivity index (χ4v) is 1.74. The van der Waals surface area contributed by atoms with E-state index in [4.69, 9.17) is 10.5 Å². The molecule has 0 aliphatic carbocycles. The van der Waals surface area contributed by atoms with Crippen LogP contribution in [0.25, 0.3) is 0 Å². The number of nitrogen functional groups attached to an aromatic ring is 1. The molecule has 2 aromatic rings. The Balaban J connectivity index is 1.99. The molecule has 0 bridgehead atoms. The van der Waals surface area contributed by atoms with Crippen molar-refractivity contribution in [3.8, 4) is 5.75 Å². The molecule has 0 heterocycles. The van der Waals surface area contributed by atoms with Crippen LogP contribution in [0.1, 0.15) is 5.56 Å². The maximum atomic E-state index is 5.69. The number of benzene rings is 2. The highest BCUT2D eigenvalue weighted by atomic mass is 127. The highest BCUT2D eigenvalue weighted by Crippen LogP contribution is 2.15. The number of hydrogen-bond acceptors (Lipinski definition) is 2. The average Bonchev–Trinajstić information content (AvgIpc) is 2.28. The molecule has 0 unspecified atom stereocenters. The summed E-state index contributed by atoms with van der Waals surface area (Å²) in [6.45, 7) is 0.547. The van der Waals surface area contributed by atoms with Gasteiger partial charge in [-0.05, 0) is 64.6 Å². The van der Waals surface area contributed by atoms with E-state index in [1.807, 2.05) is 48.5 Å². The van der Waals surface area contributed by atoms with E-state index in [9.17, 15) is 0 Å². The number of hydrogen-bond donors (Lipinski definition) is 1. The Morgan fingerprint density at radius 2 is 1.81 bits per heavy atom. The van der Waals surface area contributed by atoms with Gasteiger partial charge in [0.1, 0.15) is 12.4 Å². The summed E-state index contributed by atoms with van der Waals surface area (Å²) in [7, 11) is 0. The van der Waals surface area contributed by atoms with Crippen LogP contribution in [-0.4, -0.2) is 0 Å². The summed E-state index contributed by atoms with van der Waals surface area (Å²) in [6.07, 6.45) is 0. The van der Waals surface area contributed by atoms with E-state index in [1.165, 1.54) is 3.57 Å². The Morgan fingerprint density at radius 3 is 2.50 bits per heavy atom. The standard InChI is InChI=1S/C13H12INO/c14-11-4-6-13(7-5-11)16-9-10-2-1-3-12(15)8-10/h1-8H,9,15H2. The van der Waals surface area contributed by atoms with Crippen molar-refractivity contribution in [3.05, 3.63) is 57.7 Å². The molecule has 16 heavy (non-hydrogen) atoms. The average molecular weight is 325 g/mol. The van der Waals surface area contributed by atoms with Crippen LogP contribution < -0.4 is 10.5 Å². The summed E-state index contributed by atoms with van der Waals surface area (Å²) >= 11 is 2.27. The smallest absolute Gasteiger partial charge is 0.119 e. The largest absolute Gasteiger partial charge is 0.489 e. The Morgan fingerprint density at radius 1 is 1.06 bits per heavy atom. The molecule has 0 amide bonds. The second-order valence-corrected chi connectivity index (χ2v) is 4.73. The molecule has 0 spiro atoms. The Labute approximate surface area is 109 Å². The van der Waals surface area contributed by atoms with E-state index in [0.717, 1.165) is 17.0 Å². The van der Waals surface area contributed by atoms with Crippen molar-refractivity contribution in [2.45, 2.75) is 6.61 Å². The molecule has 82 valence electrons. The first kappa shape index (κ1) is 11.3. The molecule has 0 aliphatic rings. The van der Waals surface area contributed by atoms with E-state index in [1.54, 1.807) is 0 Å². The monoisotopic (exact) mass is 325 g/mol. The van der Waals surface area contributed by atoms with Gasteiger partial charge in [0.05, 0.1) is 0 Å². The van der Waals surface area contributed by atoms with Gasteiger partial charge in [-0.25, -0.2) is 0 Å². The quantitative estimate of drug-likeness (QED) is 0.693. The minimum absolute atomic E-state index is 0.547. The zero-order chi connectivity index (χ0) is 11.4. The molecule has 2 N–H and O–H groups in total. The zero-order valence-corrected chi connectivity index (χ0v) is 10.8. The minimum Gasteiger partial charge on any atom is -0.489 e. The van der Waals surface area contributed by atoms with Crippen molar-refractivity contribution < 1.29 is 4.74 Å². The normalized spacial score (nSPS) is 10.1. The van der Waals surface area contributed by atoms with Gasteiger partial charge in [-0.15, -0.1) is 0 Å². The molecule has 0 radical (unpaired) electrons. The maximum absolute atomic E-state index is 5.69. The van der Waals surface area contributed by atoms with Crippen LogP contribution in [0, 0.1) is 3.57 Å². The minimum atomic E-state index is 0.547. The van der Waals surface area contributed by atoms with Crippen molar-refractivity contribution in [1.82, 2.24) is 0 Å². The Bertz CT molecular complexity index is 468. The molecule has 3 heteroatoms. The molecular weight excluding hydrogens is 313 g/mol. The van der Waals surface area contributed by atoms with Crippen LogP contribution >= 0.6 is 22.6 Å². The second-order valence-electron chi connectivity index (χ2n) is 3.49. The molecule has 0 saturated carbocycles. The lowest BCUT2D eigenvalue weighted by atomic mass is 10.2. The number of nitrogens with two attached hydrogens (primary N) is 1. The predicted octanol–water partition coefficient (Wildman–Crippen LogP) is 3.45. The van der Waals surface area contributed by atoms with E-state index in [-0.39, 0.29) is 0 Å². The van der Waals surface area contributed by atoms with Gasteiger partial charge in [-0.3, -0.25) is 0 Å². The first-order valence-electron chi connectivity index (χ1n) is 4.97. The lowest BCUT2D eigenvalue weighted by Crippen LogP contribution is -1.96. The molecule has 2 aromatic carbocycles. The fraction of sp³-hybridized carbons (Fsp3) is 0.0769. The van der Waals surface area contributed by atoms with Gasteiger partial charge in [0, 0.05) is 9.26 Å². The number of halogens is 1. The molecule has 2 nitrogen and oxygen atoms in total. The third-order valence-corrected chi connectivity index (χ3v) is 2.89. The second kappa shape index (κ2) is 5.21. The molecule has 0 aliphatic heterocycles. The van der Waals surface area contributed by atoms with Gasteiger partial charge in [-0.1, -0.05) is 12.1 Å². The van der Waals surface area contributed by atoms with Crippen LogP contribution in [0.15, 0.2) is 48.5 Å². The summed E-state index contributed by atoms with van der Waals surface area (Å²) in [6, 6.07) is 15.7. The Kier molecular flexibility index (Phi) is 3.66. The van der Waals surface area contributed by atoms with Gasteiger partial charge < -0.3 is 10.5 Å². The summed E-state index contributed by atoms with van der Waals surface area (Å²) in [5, 5.41) is 0. The highest BCUT2D eigenvalue weighted by molar-refractivity contribution is 14.1. The van der Waals surface area contributed by atoms with E-state index < -0.39 is 0 Å². The van der Waals surface area contributed by atoms with E-state index in [0.29, 0.717) is 6.61 Å². The van der Waals surface area contributed by atoms with Gasteiger partial charge in [-0.2, -0.15) is 0 Å². The summed E-state index contributed by atoms with van der Waals surface area (Å²) in [5.74, 6) is 0.878. The van der Waals surface area contributed by atoms with E-state index in [2.05, 4.69) is 22.6 Å². The molecule has 0 atom stereocenters. The first-order valence-corrected chi connectivity index (χ1v) is 6.05. The van der Waals surface area contributed by atoms with Gasteiger partial charge in [0.2, 0.25) is 0 Å². The van der Waals surface area contributed by atoms with E-state index >= 15 is 0 Å². The van der Waals surface area contributed by atoms with Crippen molar-refractivity contribution in [2.75, 3.05) is 5.73 Å². The van der Waals surface area contributed by atoms with Gasteiger partial charge in [0.25, 0.3) is 0 Å². The SMILES string of the molecule is Nc1cccc(COc2ccc(I)cc2)c1. The van der Waals surface area contributed by atoms with Crippen LogP contribution in [0.5, 0.6) is 5.75 Å². The predicted molar refractivity (Wildman–Crippen MR) is 74.3 cm³/mol. The topological polar surface area (TPSA) is 35.2 Å². The van der Waals surface area contributed by atoms with Crippen LogP contribution in [-0.2, 0) is 6.61 Å². The van der Waals surface area contributed by atoms with Crippen molar-refractivity contribution in [1.29, 1.82) is 0 Å². The number of ether oxygens (including phenoxy) is 1. The Hall–Kier alpha value is -1.23. The molecule has 2 rings (SSSR count). The number of rotatable bonds is 3. The van der Waals surface area contributed by atoms with Crippen LogP contribution in [0.3, 0.4) is 0 Å². The van der Waals surface area contributed by atoms with Gasteiger partial charge >= 0.3 is 0 Å². The van der Waals surface area contributed by atoms with Gasteiger partial charge in [0.15, 0.2) is 0 Å². The molecule has 0 fully saturated rings. The van der Waals surface area contributed by atoms with Crippen LogP contribution in [0.4, 0.5) is 5.69 Å². The third-order valence-electron chi connectivity index (χ3n) is 2.17. The molecule has 0 aromatic heterocycles. The molecule has 0 saturated heterocycles. The number of anilines is 1. The van der Waals surface area contributed by atoms with Crippen molar-refractivity contribution in [2.24, 2.45) is 0 Å².